The molecule has 0 saturated carbocycles. The lowest BCUT2D eigenvalue weighted by atomic mass is 10.1. The monoisotopic (exact) mass is 457 g/mol. The Morgan fingerprint density at radius 3 is 2.50 bits per heavy atom. The zero-order valence-corrected chi connectivity index (χ0v) is 17.9. The Labute approximate surface area is 179 Å². The minimum absolute atomic E-state index is 0.0329. The highest BCUT2D eigenvalue weighted by Gasteiger charge is 2.34. The second-order valence-electron chi connectivity index (χ2n) is 6.65. The molecule has 0 aliphatic carbocycles. The fraction of sp³-hybridized carbons (Fsp3) is 0.250. The van der Waals surface area contributed by atoms with E-state index in [2.05, 4.69) is 0 Å². The first-order valence-corrected chi connectivity index (χ1v) is 11.6. The first-order valence-electron chi connectivity index (χ1n) is 8.62. The van der Waals surface area contributed by atoms with Crippen LogP contribution in [0.4, 0.5) is 0 Å². The van der Waals surface area contributed by atoms with E-state index in [9.17, 15) is 13.2 Å². The van der Waals surface area contributed by atoms with Gasteiger partial charge in [0.15, 0.2) is 9.84 Å². The third kappa shape index (κ3) is 5.51. The Bertz CT molecular complexity index is 1020. The van der Waals surface area contributed by atoms with Crippen molar-refractivity contribution in [1.29, 1.82) is 0 Å². The molecule has 3 rings (SSSR count). The van der Waals surface area contributed by atoms with Crippen LogP contribution >= 0.6 is 34.8 Å². The van der Waals surface area contributed by atoms with Gasteiger partial charge in [0.1, 0.15) is 0 Å². The van der Waals surface area contributed by atoms with Crippen LogP contribution in [-0.4, -0.2) is 36.8 Å². The molecule has 1 aliphatic heterocycles. The van der Waals surface area contributed by atoms with Crippen molar-refractivity contribution >= 4 is 56.6 Å². The lowest BCUT2D eigenvalue weighted by Gasteiger charge is -2.27. The van der Waals surface area contributed by atoms with E-state index in [0.717, 1.165) is 5.56 Å². The molecule has 1 amide bonds. The SMILES string of the molecule is O=C(C=Cc1ccc(Cl)cc1Cl)N(Cc1cccc(Cl)c1)C1CCS(=O)(=O)C1. The number of benzene rings is 2. The molecule has 1 unspecified atom stereocenters. The number of carbonyl (C=O) groups is 1. The smallest absolute Gasteiger partial charge is 0.247 e. The maximum Gasteiger partial charge on any atom is 0.247 e. The molecule has 0 N–H and O–H groups in total. The minimum atomic E-state index is -3.13. The quantitative estimate of drug-likeness (QED) is 0.600. The van der Waals surface area contributed by atoms with E-state index >= 15 is 0 Å². The van der Waals surface area contributed by atoms with Gasteiger partial charge >= 0.3 is 0 Å². The first-order chi connectivity index (χ1) is 13.2. The normalized spacial score (nSPS) is 18.5. The minimum Gasteiger partial charge on any atom is -0.331 e. The van der Waals surface area contributed by atoms with Gasteiger partial charge in [-0.15, -0.1) is 0 Å². The summed E-state index contributed by atoms with van der Waals surface area (Å²) in [5, 5.41) is 1.50. The van der Waals surface area contributed by atoms with Gasteiger partial charge in [-0.2, -0.15) is 0 Å². The Hall–Kier alpha value is -1.53. The maximum atomic E-state index is 12.9. The van der Waals surface area contributed by atoms with Gasteiger partial charge in [-0.3, -0.25) is 4.79 Å². The Morgan fingerprint density at radius 2 is 1.86 bits per heavy atom. The van der Waals surface area contributed by atoms with Crippen LogP contribution in [0.5, 0.6) is 0 Å². The molecule has 8 heteroatoms. The van der Waals surface area contributed by atoms with Crippen molar-refractivity contribution in [2.75, 3.05) is 11.5 Å². The Balaban J connectivity index is 1.84. The van der Waals surface area contributed by atoms with Crippen molar-refractivity contribution < 1.29 is 13.2 Å². The van der Waals surface area contributed by atoms with Gasteiger partial charge in [0, 0.05) is 33.7 Å². The Morgan fingerprint density at radius 1 is 1.11 bits per heavy atom. The van der Waals surface area contributed by atoms with Crippen LogP contribution in [0.3, 0.4) is 0 Å². The van der Waals surface area contributed by atoms with Crippen LogP contribution in [0.1, 0.15) is 17.5 Å². The van der Waals surface area contributed by atoms with Gasteiger partial charge in [0.25, 0.3) is 0 Å². The number of hydrogen-bond donors (Lipinski definition) is 0. The van der Waals surface area contributed by atoms with Crippen LogP contribution in [-0.2, 0) is 21.2 Å². The van der Waals surface area contributed by atoms with Crippen molar-refractivity contribution in [3.8, 4) is 0 Å². The molecule has 0 radical (unpaired) electrons. The number of carbonyl (C=O) groups excluding carboxylic acids is 1. The van der Waals surface area contributed by atoms with Gasteiger partial charge in [0.05, 0.1) is 11.5 Å². The molecular weight excluding hydrogens is 441 g/mol. The van der Waals surface area contributed by atoms with E-state index in [1.54, 1.807) is 47.4 Å². The summed E-state index contributed by atoms with van der Waals surface area (Å²) in [7, 11) is -3.13. The fourth-order valence-corrected chi connectivity index (χ4v) is 5.55. The van der Waals surface area contributed by atoms with Crippen molar-refractivity contribution in [3.05, 3.63) is 74.7 Å². The molecule has 0 bridgehead atoms. The van der Waals surface area contributed by atoms with Gasteiger partial charge in [-0.05, 0) is 47.9 Å². The molecule has 1 aliphatic rings. The largest absolute Gasteiger partial charge is 0.331 e. The molecule has 1 fully saturated rings. The molecule has 148 valence electrons. The van der Waals surface area contributed by atoms with E-state index in [-0.39, 0.29) is 30.0 Å². The van der Waals surface area contributed by atoms with E-state index in [1.807, 2.05) is 6.07 Å². The second kappa shape index (κ2) is 8.87. The number of halogens is 3. The average Bonchev–Trinajstić information content (AvgIpc) is 2.98. The molecule has 1 heterocycles. The molecular formula is C20H18Cl3NO3S. The van der Waals surface area contributed by atoms with Crippen molar-refractivity contribution in [3.63, 3.8) is 0 Å². The van der Waals surface area contributed by atoms with Crippen molar-refractivity contribution in [2.45, 2.75) is 19.0 Å². The number of rotatable bonds is 5. The van der Waals surface area contributed by atoms with Crippen LogP contribution < -0.4 is 0 Å². The standard InChI is InChI=1S/C20H18Cl3NO3S/c21-16-3-1-2-14(10-16)12-24(18-8-9-28(26,27)13-18)20(25)7-5-15-4-6-17(22)11-19(15)23/h1-7,10-11,18H,8-9,12-13H2. The predicted molar refractivity (Wildman–Crippen MR) is 115 cm³/mol. The first kappa shape index (κ1) is 21.2. The zero-order chi connectivity index (χ0) is 20.3. The lowest BCUT2D eigenvalue weighted by Crippen LogP contribution is -2.39. The second-order valence-corrected chi connectivity index (χ2v) is 10.2. The summed E-state index contributed by atoms with van der Waals surface area (Å²) in [4.78, 5) is 14.5. The summed E-state index contributed by atoms with van der Waals surface area (Å²) in [6.45, 7) is 0.276. The predicted octanol–water partition coefficient (Wildman–Crippen LogP) is 4.88. The number of sulfone groups is 1. The number of hydrogen-bond acceptors (Lipinski definition) is 3. The summed E-state index contributed by atoms with van der Waals surface area (Å²) >= 11 is 18.1. The summed E-state index contributed by atoms with van der Waals surface area (Å²) in [6.07, 6.45) is 3.43. The lowest BCUT2D eigenvalue weighted by molar-refractivity contribution is -0.128. The molecule has 1 atom stereocenters. The van der Waals surface area contributed by atoms with Crippen LogP contribution in [0, 0.1) is 0 Å². The molecule has 0 spiro atoms. The molecule has 28 heavy (non-hydrogen) atoms. The Kier molecular flexibility index (Phi) is 6.71. The fourth-order valence-electron chi connectivity index (χ4n) is 3.13. The van der Waals surface area contributed by atoms with E-state index in [4.69, 9.17) is 34.8 Å². The highest BCUT2D eigenvalue weighted by Crippen LogP contribution is 2.24. The van der Waals surface area contributed by atoms with Gasteiger partial charge in [-0.1, -0.05) is 53.0 Å². The van der Waals surface area contributed by atoms with Gasteiger partial charge < -0.3 is 4.90 Å². The highest BCUT2D eigenvalue weighted by molar-refractivity contribution is 7.91. The molecule has 1 saturated heterocycles. The third-order valence-electron chi connectivity index (χ3n) is 4.54. The maximum absolute atomic E-state index is 12.9. The zero-order valence-electron chi connectivity index (χ0n) is 14.8. The molecule has 2 aromatic rings. The summed E-state index contributed by atoms with van der Waals surface area (Å²) in [5.74, 6) is -0.230. The van der Waals surface area contributed by atoms with Crippen LogP contribution in [0.15, 0.2) is 48.5 Å². The topological polar surface area (TPSA) is 54.5 Å². The van der Waals surface area contributed by atoms with Gasteiger partial charge in [0.2, 0.25) is 5.91 Å². The third-order valence-corrected chi connectivity index (χ3v) is 7.09. The summed E-state index contributed by atoms with van der Waals surface area (Å²) in [5.41, 5.74) is 1.49. The number of amides is 1. The molecule has 4 nitrogen and oxygen atoms in total. The molecule has 0 aromatic heterocycles. The van der Waals surface area contributed by atoms with Crippen LogP contribution in [0.2, 0.25) is 15.1 Å². The van der Waals surface area contributed by atoms with Crippen molar-refractivity contribution in [2.24, 2.45) is 0 Å². The van der Waals surface area contributed by atoms with Crippen molar-refractivity contribution in [1.82, 2.24) is 4.90 Å². The highest BCUT2D eigenvalue weighted by atomic mass is 35.5. The van der Waals surface area contributed by atoms with Crippen LogP contribution in [0.25, 0.3) is 6.08 Å². The summed E-state index contributed by atoms with van der Waals surface area (Å²) in [6, 6.07) is 11.8. The summed E-state index contributed by atoms with van der Waals surface area (Å²) < 4.78 is 23.8. The number of nitrogens with zero attached hydrogens (tertiary/aromatic N) is 1. The molecule has 2 aromatic carbocycles. The average molecular weight is 459 g/mol. The van der Waals surface area contributed by atoms with Gasteiger partial charge in [-0.25, -0.2) is 8.42 Å². The van der Waals surface area contributed by atoms with E-state index in [0.29, 0.717) is 27.1 Å². The van der Waals surface area contributed by atoms with E-state index < -0.39 is 9.84 Å². The van der Waals surface area contributed by atoms with E-state index in [1.165, 1.54) is 6.08 Å².